The highest BCUT2D eigenvalue weighted by molar-refractivity contribution is 5.90. The van der Waals surface area contributed by atoms with Crippen molar-refractivity contribution >= 4 is 17.2 Å². The van der Waals surface area contributed by atoms with Crippen molar-refractivity contribution in [1.82, 2.24) is 14.6 Å². The fourth-order valence-electron chi connectivity index (χ4n) is 3.06. The second-order valence-electron chi connectivity index (χ2n) is 6.79. The molecule has 2 heterocycles. The molecule has 1 aromatic carbocycles. The van der Waals surface area contributed by atoms with Crippen LogP contribution in [0.3, 0.4) is 0 Å². The van der Waals surface area contributed by atoms with Crippen LogP contribution in [0.15, 0.2) is 30.3 Å². The second-order valence-corrected chi connectivity index (χ2v) is 6.79. The Labute approximate surface area is 165 Å². The smallest absolute Gasteiger partial charge is 0.422 e. The lowest BCUT2D eigenvalue weighted by Gasteiger charge is -2.12. The zero-order valence-electron chi connectivity index (χ0n) is 16.3. The maximum atomic E-state index is 12.3. The number of aromatic nitrogens is 3. The van der Waals surface area contributed by atoms with Gasteiger partial charge in [-0.05, 0) is 57.0 Å². The van der Waals surface area contributed by atoms with E-state index in [1.807, 2.05) is 26.8 Å². The van der Waals surface area contributed by atoms with Crippen molar-refractivity contribution in [3.63, 3.8) is 0 Å². The van der Waals surface area contributed by atoms with Gasteiger partial charge in [0.05, 0.1) is 5.69 Å². The molecule has 1 amide bonds. The molecule has 2 aromatic heterocycles. The molecule has 0 radical (unpaired) electrons. The lowest BCUT2D eigenvalue weighted by Crippen LogP contribution is -2.19. The van der Waals surface area contributed by atoms with E-state index in [9.17, 15) is 18.0 Å². The number of nitrogens with zero attached hydrogens (tertiary/aromatic N) is 3. The van der Waals surface area contributed by atoms with Gasteiger partial charge >= 0.3 is 6.18 Å². The zero-order valence-corrected chi connectivity index (χ0v) is 16.3. The normalized spacial score (nSPS) is 11.7. The number of carbonyl (C=O) groups excluding carboxylic acids is 1. The van der Waals surface area contributed by atoms with E-state index in [1.54, 1.807) is 4.52 Å². The van der Waals surface area contributed by atoms with Gasteiger partial charge in [0, 0.05) is 29.6 Å². The summed E-state index contributed by atoms with van der Waals surface area (Å²) in [5.74, 6) is -0.120. The topological polar surface area (TPSA) is 68.5 Å². The summed E-state index contributed by atoms with van der Waals surface area (Å²) in [4.78, 5) is 16.8. The molecule has 0 atom stereocenters. The summed E-state index contributed by atoms with van der Waals surface area (Å²) in [6, 6.07) is 7.67. The van der Waals surface area contributed by atoms with Gasteiger partial charge in [0.25, 0.3) is 0 Å². The molecule has 0 aliphatic heterocycles. The van der Waals surface area contributed by atoms with Gasteiger partial charge in [0.15, 0.2) is 12.3 Å². The maximum absolute atomic E-state index is 12.3. The molecular formula is C20H21F3N4O2. The Morgan fingerprint density at radius 3 is 2.52 bits per heavy atom. The molecule has 0 aliphatic rings. The number of benzene rings is 1. The predicted octanol–water partition coefficient (Wildman–Crippen LogP) is 4.17. The Kier molecular flexibility index (Phi) is 5.76. The minimum absolute atomic E-state index is 0.0838. The van der Waals surface area contributed by atoms with Crippen LogP contribution >= 0.6 is 0 Å². The number of rotatable bonds is 6. The van der Waals surface area contributed by atoms with Crippen molar-refractivity contribution in [2.24, 2.45) is 0 Å². The van der Waals surface area contributed by atoms with E-state index in [2.05, 4.69) is 20.1 Å². The summed E-state index contributed by atoms with van der Waals surface area (Å²) < 4.78 is 42.9. The molecule has 0 spiro atoms. The van der Waals surface area contributed by atoms with Crippen LogP contribution in [0.2, 0.25) is 0 Å². The first-order chi connectivity index (χ1) is 13.6. The Bertz CT molecular complexity index is 1030. The number of hydrogen-bond donors (Lipinski definition) is 1. The molecule has 154 valence electrons. The Morgan fingerprint density at radius 2 is 1.86 bits per heavy atom. The Balaban J connectivity index is 1.59. The van der Waals surface area contributed by atoms with Crippen molar-refractivity contribution in [2.45, 2.75) is 39.8 Å². The van der Waals surface area contributed by atoms with Crippen molar-refractivity contribution in [2.75, 3.05) is 11.9 Å². The van der Waals surface area contributed by atoms with Crippen LogP contribution in [0.4, 0.5) is 18.9 Å². The van der Waals surface area contributed by atoms with Crippen molar-refractivity contribution in [1.29, 1.82) is 0 Å². The van der Waals surface area contributed by atoms with Crippen LogP contribution in [-0.4, -0.2) is 33.3 Å². The van der Waals surface area contributed by atoms with E-state index in [0.717, 1.165) is 28.3 Å². The molecule has 9 heteroatoms. The minimum Gasteiger partial charge on any atom is -0.484 e. The number of nitrogens with one attached hydrogen (secondary N) is 1. The van der Waals surface area contributed by atoms with E-state index in [-0.39, 0.29) is 18.1 Å². The predicted molar refractivity (Wildman–Crippen MR) is 102 cm³/mol. The highest BCUT2D eigenvalue weighted by Gasteiger charge is 2.28. The number of amides is 1. The maximum Gasteiger partial charge on any atom is 0.422 e. The van der Waals surface area contributed by atoms with Gasteiger partial charge in [-0.15, -0.1) is 0 Å². The first-order valence-corrected chi connectivity index (χ1v) is 9.04. The first kappa shape index (κ1) is 20.6. The highest BCUT2D eigenvalue weighted by Crippen LogP contribution is 2.21. The molecule has 6 nitrogen and oxygen atoms in total. The van der Waals surface area contributed by atoms with Gasteiger partial charge in [-0.1, -0.05) is 0 Å². The summed E-state index contributed by atoms with van der Waals surface area (Å²) in [6.07, 6.45) is -3.66. The van der Waals surface area contributed by atoms with E-state index < -0.39 is 12.8 Å². The van der Waals surface area contributed by atoms with Crippen LogP contribution < -0.4 is 10.1 Å². The average Bonchev–Trinajstić information content (AvgIpc) is 3.00. The molecule has 29 heavy (non-hydrogen) atoms. The third kappa shape index (κ3) is 5.24. The molecule has 0 bridgehead atoms. The van der Waals surface area contributed by atoms with Crippen molar-refractivity contribution in [3.8, 4) is 5.75 Å². The van der Waals surface area contributed by atoms with Gasteiger partial charge in [-0.2, -0.15) is 18.3 Å². The lowest BCUT2D eigenvalue weighted by molar-refractivity contribution is -0.153. The van der Waals surface area contributed by atoms with Crippen molar-refractivity contribution < 1.29 is 22.7 Å². The fraction of sp³-hybridized carbons (Fsp3) is 0.350. The van der Waals surface area contributed by atoms with Crippen LogP contribution in [0.5, 0.6) is 5.75 Å². The number of ether oxygens (including phenoxy) is 1. The Hall–Kier alpha value is -3.10. The van der Waals surface area contributed by atoms with Gasteiger partial charge in [0.2, 0.25) is 5.91 Å². The molecule has 0 fully saturated rings. The van der Waals surface area contributed by atoms with Gasteiger partial charge in [0.1, 0.15) is 5.75 Å². The zero-order chi connectivity index (χ0) is 21.2. The largest absolute Gasteiger partial charge is 0.484 e. The monoisotopic (exact) mass is 406 g/mol. The van der Waals surface area contributed by atoms with E-state index in [4.69, 9.17) is 0 Å². The molecule has 1 N–H and O–H groups in total. The number of aryl methyl sites for hydroxylation is 3. The number of anilines is 1. The number of carbonyl (C=O) groups is 1. The summed E-state index contributed by atoms with van der Waals surface area (Å²) in [6.45, 7) is 4.39. The fourth-order valence-corrected chi connectivity index (χ4v) is 3.06. The van der Waals surface area contributed by atoms with Crippen LogP contribution in [-0.2, 0) is 11.2 Å². The highest BCUT2D eigenvalue weighted by atomic mass is 19.4. The second kappa shape index (κ2) is 8.10. The summed E-state index contributed by atoms with van der Waals surface area (Å²) in [7, 11) is 0. The molecule has 0 aliphatic carbocycles. The summed E-state index contributed by atoms with van der Waals surface area (Å²) in [5.41, 5.74) is 4.90. The average molecular weight is 406 g/mol. The SMILES string of the molecule is Cc1cc2nc(C)c(CCC(=O)Nc3ccc(OCC(F)(F)F)cc3)c(C)n2n1. The minimum atomic E-state index is -4.39. The molecule has 0 unspecified atom stereocenters. The van der Waals surface area contributed by atoms with E-state index >= 15 is 0 Å². The standard InChI is InChI=1S/C20H21F3N4O2/c1-12-10-18-24-13(2)17(14(3)27(18)26-12)8-9-19(28)25-15-4-6-16(7-5-15)29-11-20(21,22)23/h4-7,10H,8-9,11H2,1-3H3,(H,25,28). The third-order valence-corrected chi connectivity index (χ3v) is 4.43. The van der Waals surface area contributed by atoms with E-state index in [1.165, 1.54) is 24.3 Å². The van der Waals surface area contributed by atoms with Crippen LogP contribution in [0.25, 0.3) is 5.65 Å². The molecule has 3 aromatic rings. The van der Waals surface area contributed by atoms with Gasteiger partial charge in [-0.3, -0.25) is 4.79 Å². The van der Waals surface area contributed by atoms with Crippen LogP contribution in [0, 0.1) is 20.8 Å². The number of halogens is 3. The quantitative estimate of drug-likeness (QED) is 0.667. The van der Waals surface area contributed by atoms with E-state index in [0.29, 0.717) is 12.1 Å². The molecule has 0 saturated carbocycles. The van der Waals surface area contributed by atoms with Gasteiger partial charge < -0.3 is 10.1 Å². The summed E-state index contributed by atoms with van der Waals surface area (Å²) >= 11 is 0. The number of fused-ring (bicyclic) bond motifs is 1. The molecular weight excluding hydrogens is 385 g/mol. The third-order valence-electron chi connectivity index (χ3n) is 4.43. The first-order valence-electron chi connectivity index (χ1n) is 9.04. The van der Waals surface area contributed by atoms with Crippen LogP contribution in [0.1, 0.15) is 29.1 Å². The summed E-state index contributed by atoms with van der Waals surface area (Å²) in [5, 5.41) is 7.15. The number of alkyl halides is 3. The lowest BCUT2D eigenvalue weighted by atomic mass is 10.1. The Morgan fingerprint density at radius 1 is 1.17 bits per heavy atom. The molecule has 0 saturated heterocycles. The number of hydrogen-bond acceptors (Lipinski definition) is 4. The van der Waals surface area contributed by atoms with Crippen molar-refractivity contribution in [3.05, 3.63) is 53.0 Å². The van der Waals surface area contributed by atoms with Gasteiger partial charge in [-0.25, -0.2) is 9.50 Å². The molecule has 3 rings (SSSR count).